The summed E-state index contributed by atoms with van der Waals surface area (Å²) in [5.74, 6) is 2.28. The van der Waals surface area contributed by atoms with E-state index in [2.05, 4.69) is 0 Å². The van der Waals surface area contributed by atoms with E-state index in [-0.39, 0.29) is 11.8 Å². The maximum atomic E-state index is 13.5. The molecule has 0 bridgehead atoms. The minimum Gasteiger partial charge on any atom is -0.493 e. The Morgan fingerprint density at radius 2 is 1.17 bits per heavy atom. The minimum atomic E-state index is -0.139. The van der Waals surface area contributed by atoms with Crippen LogP contribution in [0.2, 0.25) is 0 Å². The normalized spacial score (nSPS) is 13.6. The number of benzene rings is 2. The van der Waals surface area contributed by atoms with Gasteiger partial charge in [-0.25, -0.2) is 0 Å². The van der Waals surface area contributed by atoms with Crippen molar-refractivity contribution in [3.8, 4) is 28.7 Å². The zero-order valence-electron chi connectivity index (χ0n) is 21.8. The fraction of sp³-hybridized carbons (Fsp3) is 0.481. The van der Waals surface area contributed by atoms with Gasteiger partial charge in [0.1, 0.15) is 0 Å². The van der Waals surface area contributed by atoms with Crippen LogP contribution in [-0.2, 0) is 0 Å². The fourth-order valence-corrected chi connectivity index (χ4v) is 4.17. The Labute approximate surface area is 212 Å². The molecule has 1 heterocycles. The second-order valence-electron chi connectivity index (χ2n) is 8.11. The van der Waals surface area contributed by atoms with Crippen LogP contribution in [0.25, 0.3) is 0 Å². The predicted octanol–water partition coefficient (Wildman–Crippen LogP) is 3.89. The van der Waals surface area contributed by atoms with Gasteiger partial charge in [-0.2, -0.15) is 0 Å². The highest BCUT2D eigenvalue weighted by Crippen LogP contribution is 2.39. The molecule has 0 atom stereocenters. The number of carbonyl (C=O) groups is 2. The molecule has 36 heavy (non-hydrogen) atoms. The summed E-state index contributed by atoms with van der Waals surface area (Å²) in [5.41, 5.74) is 0.978. The number of ether oxygens (including phenoxy) is 5. The summed E-state index contributed by atoms with van der Waals surface area (Å²) >= 11 is 0. The Bertz CT molecular complexity index is 1030. The smallest absolute Gasteiger partial charge is 0.254 e. The van der Waals surface area contributed by atoms with Crippen molar-refractivity contribution in [3.05, 3.63) is 41.5 Å². The molecule has 196 valence electrons. The molecular formula is C27H36N2O7. The standard InChI is InChI=1S/C27H36N2O7/c1-6-34-23-17-20(18-24(35-7-2)25(23)36-8-3)27(31)29-13-9-12-28(14-15-29)26(30)19-10-11-21(32-4)22(16-19)33-5/h10-11,16-18H,6-9,12-15H2,1-5H3. The first-order valence-electron chi connectivity index (χ1n) is 12.3. The third kappa shape index (κ3) is 6.13. The number of hydrogen-bond donors (Lipinski definition) is 0. The first kappa shape index (κ1) is 27.0. The second-order valence-corrected chi connectivity index (χ2v) is 8.11. The first-order valence-corrected chi connectivity index (χ1v) is 12.3. The van der Waals surface area contributed by atoms with E-state index in [4.69, 9.17) is 23.7 Å². The van der Waals surface area contributed by atoms with Gasteiger partial charge in [0.05, 0.1) is 34.0 Å². The molecule has 1 aliphatic heterocycles. The molecular weight excluding hydrogens is 464 g/mol. The second kappa shape index (κ2) is 12.9. The Morgan fingerprint density at radius 1 is 0.667 bits per heavy atom. The highest BCUT2D eigenvalue weighted by Gasteiger charge is 2.26. The molecule has 0 saturated carbocycles. The average molecular weight is 501 g/mol. The predicted molar refractivity (Wildman–Crippen MR) is 136 cm³/mol. The maximum absolute atomic E-state index is 13.5. The van der Waals surface area contributed by atoms with Crippen molar-refractivity contribution >= 4 is 11.8 Å². The van der Waals surface area contributed by atoms with Crippen molar-refractivity contribution in [2.75, 3.05) is 60.2 Å². The summed E-state index contributed by atoms with van der Waals surface area (Å²) in [7, 11) is 3.09. The first-order chi connectivity index (χ1) is 17.5. The van der Waals surface area contributed by atoms with Gasteiger partial charge in [-0.3, -0.25) is 9.59 Å². The van der Waals surface area contributed by atoms with Crippen molar-refractivity contribution in [1.29, 1.82) is 0 Å². The van der Waals surface area contributed by atoms with Gasteiger partial charge < -0.3 is 33.5 Å². The lowest BCUT2D eigenvalue weighted by molar-refractivity contribution is 0.0718. The lowest BCUT2D eigenvalue weighted by atomic mass is 10.1. The van der Waals surface area contributed by atoms with E-state index in [0.29, 0.717) is 92.3 Å². The van der Waals surface area contributed by atoms with Crippen LogP contribution in [0.4, 0.5) is 0 Å². The zero-order chi connectivity index (χ0) is 26.1. The lowest BCUT2D eigenvalue weighted by Crippen LogP contribution is -2.37. The van der Waals surface area contributed by atoms with Crippen LogP contribution in [0.1, 0.15) is 47.9 Å². The lowest BCUT2D eigenvalue weighted by Gasteiger charge is -2.23. The monoisotopic (exact) mass is 500 g/mol. The van der Waals surface area contributed by atoms with Crippen LogP contribution in [0.3, 0.4) is 0 Å². The van der Waals surface area contributed by atoms with Gasteiger partial charge in [0.15, 0.2) is 23.0 Å². The summed E-state index contributed by atoms with van der Waals surface area (Å²) in [6, 6.07) is 8.53. The van der Waals surface area contributed by atoms with Crippen LogP contribution in [0, 0.1) is 0 Å². The van der Waals surface area contributed by atoms with E-state index < -0.39 is 0 Å². The van der Waals surface area contributed by atoms with Crippen molar-refractivity contribution in [2.24, 2.45) is 0 Å². The Hall–Kier alpha value is -3.62. The molecule has 0 aliphatic carbocycles. The molecule has 1 saturated heterocycles. The largest absolute Gasteiger partial charge is 0.493 e. The molecule has 1 aliphatic rings. The maximum Gasteiger partial charge on any atom is 0.254 e. The molecule has 9 nitrogen and oxygen atoms in total. The van der Waals surface area contributed by atoms with Crippen molar-refractivity contribution in [2.45, 2.75) is 27.2 Å². The minimum absolute atomic E-state index is 0.108. The average Bonchev–Trinajstić information content (AvgIpc) is 3.15. The molecule has 2 aromatic carbocycles. The molecule has 0 radical (unpaired) electrons. The van der Waals surface area contributed by atoms with E-state index >= 15 is 0 Å². The van der Waals surface area contributed by atoms with Gasteiger partial charge in [0, 0.05) is 37.3 Å². The van der Waals surface area contributed by atoms with Gasteiger partial charge in [-0.15, -0.1) is 0 Å². The molecule has 0 spiro atoms. The van der Waals surface area contributed by atoms with Gasteiger partial charge in [0.25, 0.3) is 11.8 Å². The van der Waals surface area contributed by atoms with Gasteiger partial charge >= 0.3 is 0 Å². The van der Waals surface area contributed by atoms with Crippen LogP contribution < -0.4 is 23.7 Å². The quantitative estimate of drug-likeness (QED) is 0.489. The van der Waals surface area contributed by atoms with Crippen molar-refractivity contribution in [3.63, 3.8) is 0 Å². The third-order valence-electron chi connectivity index (χ3n) is 5.86. The van der Waals surface area contributed by atoms with E-state index in [1.165, 1.54) is 7.11 Å². The third-order valence-corrected chi connectivity index (χ3v) is 5.86. The summed E-state index contributed by atoms with van der Waals surface area (Å²) in [6.45, 7) is 8.88. The Balaban J connectivity index is 1.78. The van der Waals surface area contributed by atoms with E-state index in [9.17, 15) is 9.59 Å². The SMILES string of the molecule is CCOc1cc(C(=O)N2CCCN(C(=O)c3ccc(OC)c(OC)c3)CC2)cc(OCC)c1OCC. The number of rotatable bonds is 10. The van der Waals surface area contributed by atoms with Gasteiger partial charge in [-0.1, -0.05) is 0 Å². The molecule has 1 fully saturated rings. The number of nitrogens with zero attached hydrogens (tertiary/aromatic N) is 2. The van der Waals surface area contributed by atoms with E-state index in [1.807, 2.05) is 20.8 Å². The van der Waals surface area contributed by atoms with Crippen LogP contribution in [-0.4, -0.2) is 81.8 Å². The number of carbonyl (C=O) groups excluding carboxylic acids is 2. The van der Waals surface area contributed by atoms with Crippen LogP contribution in [0.15, 0.2) is 30.3 Å². The number of hydrogen-bond acceptors (Lipinski definition) is 7. The van der Waals surface area contributed by atoms with Crippen LogP contribution >= 0.6 is 0 Å². The van der Waals surface area contributed by atoms with Crippen molar-refractivity contribution < 1.29 is 33.3 Å². The Morgan fingerprint density at radius 3 is 1.67 bits per heavy atom. The molecule has 2 amide bonds. The van der Waals surface area contributed by atoms with Gasteiger partial charge in [-0.05, 0) is 57.5 Å². The molecule has 0 unspecified atom stereocenters. The zero-order valence-corrected chi connectivity index (χ0v) is 21.8. The molecule has 3 rings (SSSR count). The number of amides is 2. The summed E-state index contributed by atoms with van der Waals surface area (Å²) in [4.78, 5) is 30.2. The topological polar surface area (TPSA) is 86.8 Å². The van der Waals surface area contributed by atoms with E-state index in [1.54, 1.807) is 47.2 Å². The highest BCUT2D eigenvalue weighted by atomic mass is 16.5. The van der Waals surface area contributed by atoms with E-state index in [0.717, 1.165) is 0 Å². The molecule has 0 N–H and O–H groups in total. The van der Waals surface area contributed by atoms with Crippen LogP contribution in [0.5, 0.6) is 28.7 Å². The highest BCUT2D eigenvalue weighted by molar-refractivity contribution is 5.96. The fourth-order valence-electron chi connectivity index (χ4n) is 4.17. The Kier molecular flexibility index (Phi) is 9.67. The summed E-state index contributed by atoms with van der Waals surface area (Å²) in [5, 5.41) is 0. The summed E-state index contributed by atoms with van der Waals surface area (Å²) in [6.07, 6.45) is 0.665. The molecule has 2 aromatic rings. The molecule has 9 heteroatoms. The number of methoxy groups -OCH3 is 2. The molecule has 0 aromatic heterocycles. The van der Waals surface area contributed by atoms with Crippen molar-refractivity contribution in [1.82, 2.24) is 9.80 Å². The summed E-state index contributed by atoms with van der Waals surface area (Å²) < 4.78 is 27.9. The van der Waals surface area contributed by atoms with Gasteiger partial charge in [0.2, 0.25) is 5.75 Å².